The van der Waals surface area contributed by atoms with E-state index in [4.69, 9.17) is 5.73 Å². The molecule has 0 radical (unpaired) electrons. The summed E-state index contributed by atoms with van der Waals surface area (Å²) in [7, 11) is 0. The molecule has 0 unspecified atom stereocenters. The summed E-state index contributed by atoms with van der Waals surface area (Å²) in [6.45, 7) is 8.96. The zero-order valence-corrected chi connectivity index (χ0v) is 14.8. The topological polar surface area (TPSA) is 26.0 Å². The second-order valence-corrected chi connectivity index (χ2v) is 6.22. The van der Waals surface area contributed by atoms with Crippen LogP contribution < -0.4 is 5.73 Å². The van der Waals surface area contributed by atoms with Gasteiger partial charge in [0.25, 0.3) is 0 Å². The predicted octanol–water partition coefficient (Wildman–Crippen LogP) is 5.86. The van der Waals surface area contributed by atoms with E-state index in [0.29, 0.717) is 0 Å². The monoisotopic (exact) mass is 321 g/mol. The molecule has 0 aliphatic rings. The zero-order valence-electron chi connectivity index (χ0n) is 13.1. The summed E-state index contributed by atoms with van der Waals surface area (Å²) in [6.07, 6.45) is 13.6. The van der Waals surface area contributed by atoms with Gasteiger partial charge in [0.15, 0.2) is 0 Å². The predicted molar refractivity (Wildman–Crippen MR) is 89.6 cm³/mol. The average Bonchev–Trinajstić information content (AvgIpc) is 2.25. The maximum absolute atomic E-state index is 6.31. The van der Waals surface area contributed by atoms with Gasteiger partial charge in [-0.25, -0.2) is 0 Å². The van der Waals surface area contributed by atoms with Crippen molar-refractivity contribution in [1.82, 2.24) is 0 Å². The summed E-state index contributed by atoms with van der Waals surface area (Å²) in [5.41, 5.74) is 6.32. The van der Waals surface area contributed by atoms with E-state index in [9.17, 15) is 0 Å². The molecule has 2 heteroatoms. The Labute approximate surface area is 126 Å². The first-order chi connectivity index (χ1) is 8.02. The van der Waals surface area contributed by atoms with Crippen molar-refractivity contribution in [3.05, 3.63) is 0 Å². The van der Waals surface area contributed by atoms with Crippen LogP contribution in [0, 0.1) is 5.92 Å². The number of rotatable bonds is 11. The molecule has 1 nitrogen and oxygen atoms in total. The summed E-state index contributed by atoms with van der Waals surface area (Å²) in [5, 5.41) is 0. The first kappa shape index (κ1) is 20.8. The standard InChI is InChI=1S/C16H35N.BrH/c1-5-7-9-11-13-15(16(3,4)17)14-12-10-8-6-2;/h15H,5-14,17H2,1-4H3;1H. The normalized spacial score (nSPS) is 11.7. The highest BCUT2D eigenvalue weighted by Gasteiger charge is 2.23. The lowest BCUT2D eigenvalue weighted by molar-refractivity contribution is 0.267. The lowest BCUT2D eigenvalue weighted by Gasteiger charge is -2.31. The summed E-state index contributed by atoms with van der Waals surface area (Å²) >= 11 is 0. The van der Waals surface area contributed by atoms with Gasteiger partial charge in [0.05, 0.1) is 0 Å². The molecule has 0 aliphatic heterocycles. The summed E-state index contributed by atoms with van der Waals surface area (Å²) in [6, 6.07) is 0. The molecule has 0 rings (SSSR count). The molecule has 0 bridgehead atoms. The Balaban J connectivity index is 0. The molecule has 0 spiro atoms. The quantitative estimate of drug-likeness (QED) is 0.474. The molecule has 112 valence electrons. The van der Waals surface area contributed by atoms with Crippen molar-refractivity contribution in [3.8, 4) is 0 Å². The molecule has 2 N–H and O–H groups in total. The van der Waals surface area contributed by atoms with Crippen molar-refractivity contribution >= 4 is 17.0 Å². The number of halogens is 1. The molecule has 18 heavy (non-hydrogen) atoms. The Bertz CT molecular complexity index is 151. The van der Waals surface area contributed by atoms with Crippen molar-refractivity contribution in [2.24, 2.45) is 11.7 Å². The van der Waals surface area contributed by atoms with Gasteiger partial charge in [-0.3, -0.25) is 0 Å². The largest absolute Gasteiger partial charge is 0.325 e. The maximum atomic E-state index is 6.31. The van der Waals surface area contributed by atoms with Crippen LogP contribution in [-0.2, 0) is 0 Å². The zero-order chi connectivity index (χ0) is 13.1. The SMILES string of the molecule is Br.CCCCCCC(CCCCCC)C(C)(C)N. The number of hydrogen-bond donors (Lipinski definition) is 1. The van der Waals surface area contributed by atoms with Crippen LogP contribution in [0.25, 0.3) is 0 Å². The minimum absolute atomic E-state index is 0. The number of unbranched alkanes of at least 4 members (excludes halogenated alkanes) is 6. The van der Waals surface area contributed by atoms with Crippen LogP contribution in [0.2, 0.25) is 0 Å². The van der Waals surface area contributed by atoms with Crippen LogP contribution >= 0.6 is 17.0 Å². The third-order valence-electron chi connectivity index (χ3n) is 3.86. The summed E-state index contributed by atoms with van der Waals surface area (Å²) < 4.78 is 0. The van der Waals surface area contributed by atoms with E-state index in [0.717, 1.165) is 5.92 Å². The van der Waals surface area contributed by atoms with Crippen molar-refractivity contribution in [2.45, 2.75) is 97.4 Å². The summed E-state index contributed by atoms with van der Waals surface area (Å²) in [5.74, 6) is 0.719. The Morgan fingerprint density at radius 2 is 1.17 bits per heavy atom. The van der Waals surface area contributed by atoms with Gasteiger partial charge < -0.3 is 5.73 Å². The molecule has 0 heterocycles. The van der Waals surface area contributed by atoms with Gasteiger partial charge in [-0.2, -0.15) is 0 Å². The molecule has 0 aliphatic carbocycles. The molecule has 0 atom stereocenters. The molecule has 0 aromatic heterocycles. The Kier molecular flexibility index (Phi) is 14.4. The second-order valence-electron chi connectivity index (χ2n) is 6.22. The Hall–Kier alpha value is 0.440. The van der Waals surface area contributed by atoms with E-state index in [1.807, 2.05) is 0 Å². The van der Waals surface area contributed by atoms with Gasteiger partial charge in [-0.05, 0) is 32.6 Å². The first-order valence-electron chi connectivity index (χ1n) is 7.81. The summed E-state index contributed by atoms with van der Waals surface area (Å²) in [4.78, 5) is 0. The fourth-order valence-electron chi connectivity index (χ4n) is 2.52. The molecule has 0 saturated heterocycles. The van der Waals surface area contributed by atoms with E-state index < -0.39 is 0 Å². The van der Waals surface area contributed by atoms with Crippen molar-refractivity contribution in [2.75, 3.05) is 0 Å². The Morgan fingerprint density at radius 3 is 1.44 bits per heavy atom. The van der Waals surface area contributed by atoms with Crippen molar-refractivity contribution in [3.63, 3.8) is 0 Å². The van der Waals surface area contributed by atoms with Gasteiger partial charge in [-0.15, -0.1) is 17.0 Å². The third-order valence-corrected chi connectivity index (χ3v) is 3.86. The minimum Gasteiger partial charge on any atom is -0.325 e. The lowest BCUT2D eigenvalue weighted by atomic mass is 9.80. The molecule has 0 aromatic rings. The maximum Gasteiger partial charge on any atom is 0.0125 e. The number of hydrogen-bond acceptors (Lipinski definition) is 1. The van der Waals surface area contributed by atoms with Gasteiger partial charge in [0.1, 0.15) is 0 Å². The average molecular weight is 322 g/mol. The molecule has 0 amide bonds. The van der Waals surface area contributed by atoms with E-state index in [2.05, 4.69) is 27.7 Å². The van der Waals surface area contributed by atoms with Crippen LogP contribution in [-0.4, -0.2) is 5.54 Å². The molecule has 0 saturated carbocycles. The smallest absolute Gasteiger partial charge is 0.0125 e. The molecule has 0 aromatic carbocycles. The van der Waals surface area contributed by atoms with Crippen LogP contribution in [0.1, 0.15) is 91.9 Å². The van der Waals surface area contributed by atoms with Gasteiger partial charge in [-0.1, -0.05) is 65.2 Å². The lowest BCUT2D eigenvalue weighted by Crippen LogP contribution is -2.40. The van der Waals surface area contributed by atoms with Crippen molar-refractivity contribution < 1.29 is 0 Å². The van der Waals surface area contributed by atoms with Gasteiger partial charge in [0.2, 0.25) is 0 Å². The van der Waals surface area contributed by atoms with Crippen LogP contribution in [0.4, 0.5) is 0 Å². The van der Waals surface area contributed by atoms with E-state index in [1.165, 1.54) is 64.2 Å². The Morgan fingerprint density at radius 1 is 0.778 bits per heavy atom. The van der Waals surface area contributed by atoms with Crippen LogP contribution in [0.3, 0.4) is 0 Å². The molecular weight excluding hydrogens is 286 g/mol. The minimum atomic E-state index is 0. The highest BCUT2D eigenvalue weighted by molar-refractivity contribution is 8.93. The van der Waals surface area contributed by atoms with Gasteiger partial charge in [0, 0.05) is 5.54 Å². The second kappa shape index (κ2) is 12.5. The van der Waals surface area contributed by atoms with Crippen LogP contribution in [0.15, 0.2) is 0 Å². The first-order valence-corrected chi connectivity index (χ1v) is 7.81. The highest BCUT2D eigenvalue weighted by atomic mass is 79.9. The molecule has 0 fully saturated rings. The van der Waals surface area contributed by atoms with Crippen LogP contribution in [0.5, 0.6) is 0 Å². The fraction of sp³-hybridized carbons (Fsp3) is 1.00. The highest BCUT2D eigenvalue weighted by Crippen LogP contribution is 2.26. The van der Waals surface area contributed by atoms with E-state index >= 15 is 0 Å². The number of nitrogens with two attached hydrogens (primary N) is 1. The fourth-order valence-corrected chi connectivity index (χ4v) is 2.52. The third kappa shape index (κ3) is 11.5. The van der Waals surface area contributed by atoms with E-state index in [1.54, 1.807) is 0 Å². The van der Waals surface area contributed by atoms with Gasteiger partial charge >= 0.3 is 0 Å². The molecular formula is C16H36BrN. The van der Waals surface area contributed by atoms with Crippen molar-refractivity contribution in [1.29, 1.82) is 0 Å². The van der Waals surface area contributed by atoms with E-state index in [-0.39, 0.29) is 22.5 Å².